The Labute approximate surface area is 167 Å². The Kier molecular flexibility index (Phi) is 5.12. The molecule has 2 amide bonds. The third-order valence-corrected chi connectivity index (χ3v) is 6.80. The number of carbonyl (C=O) groups is 2. The van der Waals surface area contributed by atoms with E-state index in [1.807, 2.05) is 18.7 Å². The molecule has 0 radical (unpaired) electrons. The summed E-state index contributed by atoms with van der Waals surface area (Å²) in [4.78, 5) is 40.8. The zero-order valence-electron chi connectivity index (χ0n) is 17.3. The Morgan fingerprint density at radius 3 is 2.71 bits per heavy atom. The molecule has 152 valence electrons. The van der Waals surface area contributed by atoms with Crippen LogP contribution in [0, 0.1) is 19.8 Å². The van der Waals surface area contributed by atoms with Crippen molar-refractivity contribution in [3.63, 3.8) is 0 Å². The van der Waals surface area contributed by atoms with Gasteiger partial charge in [0.05, 0.1) is 11.3 Å². The van der Waals surface area contributed by atoms with Crippen LogP contribution in [0.5, 0.6) is 0 Å². The van der Waals surface area contributed by atoms with Gasteiger partial charge in [-0.15, -0.1) is 0 Å². The van der Waals surface area contributed by atoms with E-state index in [2.05, 4.69) is 26.8 Å². The quantitative estimate of drug-likeness (QED) is 0.791. The standard InChI is InChI=1S/C21H31N5O2/c1-15-18(12-22-16(2)23-15)20(28)26-11-10-24(3)21(14-26)7-6-19(27)25(9-8-21)13-17-4-5-17/h12,17H,4-11,13-14H2,1-3H3/t21-/m0/s1. The van der Waals surface area contributed by atoms with Gasteiger partial charge in [-0.2, -0.15) is 0 Å². The number of rotatable bonds is 3. The van der Waals surface area contributed by atoms with Crippen LogP contribution in [0.4, 0.5) is 0 Å². The first-order valence-corrected chi connectivity index (χ1v) is 10.5. The van der Waals surface area contributed by atoms with Gasteiger partial charge in [0, 0.05) is 50.9 Å². The number of likely N-dealkylation sites (tertiary alicyclic amines) is 1. The number of piperazine rings is 1. The minimum Gasteiger partial charge on any atom is -0.342 e. The van der Waals surface area contributed by atoms with Gasteiger partial charge in [0.2, 0.25) is 5.91 Å². The van der Waals surface area contributed by atoms with Gasteiger partial charge < -0.3 is 9.80 Å². The van der Waals surface area contributed by atoms with Crippen LogP contribution in [0.3, 0.4) is 0 Å². The molecule has 28 heavy (non-hydrogen) atoms. The van der Waals surface area contributed by atoms with E-state index in [0.29, 0.717) is 36.8 Å². The zero-order valence-corrected chi connectivity index (χ0v) is 17.3. The number of aryl methyl sites for hydroxylation is 2. The molecule has 7 nitrogen and oxygen atoms in total. The van der Waals surface area contributed by atoms with Gasteiger partial charge in [0.1, 0.15) is 5.82 Å². The molecule has 0 aromatic carbocycles. The highest BCUT2D eigenvalue weighted by Crippen LogP contribution is 2.35. The molecule has 2 saturated heterocycles. The summed E-state index contributed by atoms with van der Waals surface area (Å²) < 4.78 is 0. The average Bonchev–Trinajstić information content (AvgIpc) is 3.49. The second-order valence-corrected chi connectivity index (χ2v) is 8.82. The Morgan fingerprint density at radius 1 is 1.21 bits per heavy atom. The zero-order chi connectivity index (χ0) is 19.9. The maximum atomic E-state index is 13.2. The lowest BCUT2D eigenvalue weighted by Gasteiger charge is -2.49. The van der Waals surface area contributed by atoms with Crippen molar-refractivity contribution in [2.45, 2.75) is 51.5 Å². The normalized spacial score (nSPS) is 26.6. The van der Waals surface area contributed by atoms with E-state index >= 15 is 0 Å². The molecule has 1 atom stereocenters. The summed E-state index contributed by atoms with van der Waals surface area (Å²) in [6.07, 6.45) is 6.49. The van der Waals surface area contributed by atoms with E-state index in [1.54, 1.807) is 6.20 Å². The Bertz CT molecular complexity index is 778. The number of hydrogen-bond donors (Lipinski definition) is 0. The summed E-state index contributed by atoms with van der Waals surface area (Å²) in [7, 11) is 2.14. The first-order chi connectivity index (χ1) is 13.4. The molecule has 3 fully saturated rings. The molecule has 1 aromatic heterocycles. The van der Waals surface area contributed by atoms with Gasteiger partial charge in [-0.25, -0.2) is 9.97 Å². The summed E-state index contributed by atoms with van der Waals surface area (Å²) in [5.74, 6) is 1.69. The maximum absolute atomic E-state index is 13.2. The molecule has 4 rings (SSSR count). The van der Waals surface area contributed by atoms with Crippen LogP contribution in [0.25, 0.3) is 0 Å². The molecule has 3 heterocycles. The molecule has 0 unspecified atom stereocenters. The highest BCUT2D eigenvalue weighted by Gasteiger charge is 2.44. The van der Waals surface area contributed by atoms with E-state index in [4.69, 9.17) is 0 Å². The van der Waals surface area contributed by atoms with Crippen molar-refractivity contribution in [2.24, 2.45) is 5.92 Å². The van der Waals surface area contributed by atoms with Crippen LogP contribution >= 0.6 is 0 Å². The molecule has 1 spiro atoms. The number of hydrogen-bond acceptors (Lipinski definition) is 5. The number of likely N-dealkylation sites (N-methyl/N-ethyl adjacent to an activating group) is 1. The Balaban J connectivity index is 1.50. The van der Waals surface area contributed by atoms with Gasteiger partial charge in [0.25, 0.3) is 5.91 Å². The van der Waals surface area contributed by atoms with Gasteiger partial charge in [0.15, 0.2) is 0 Å². The molecule has 7 heteroatoms. The SMILES string of the molecule is Cc1ncc(C(=O)N2CCN(C)[C@]3(CCC(=O)N(CC4CC4)CC3)C2)c(C)n1. The van der Waals surface area contributed by atoms with E-state index in [9.17, 15) is 9.59 Å². The summed E-state index contributed by atoms with van der Waals surface area (Å²) >= 11 is 0. The molecule has 1 aliphatic carbocycles. The van der Waals surface area contributed by atoms with Gasteiger partial charge >= 0.3 is 0 Å². The van der Waals surface area contributed by atoms with Crippen LogP contribution in [0.15, 0.2) is 6.20 Å². The summed E-state index contributed by atoms with van der Waals surface area (Å²) in [5, 5.41) is 0. The van der Waals surface area contributed by atoms with E-state index < -0.39 is 0 Å². The second kappa shape index (κ2) is 7.43. The fraction of sp³-hybridized carbons (Fsp3) is 0.714. The van der Waals surface area contributed by atoms with Crippen LogP contribution < -0.4 is 0 Å². The molecule has 1 aromatic rings. The first kappa shape index (κ1) is 19.3. The lowest BCUT2D eigenvalue weighted by atomic mass is 9.86. The maximum Gasteiger partial charge on any atom is 0.257 e. The minimum atomic E-state index is -0.124. The van der Waals surface area contributed by atoms with E-state index in [1.165, 1.54) is 12.8 Å². The number of carbonyl (C=O) groups excluding carboxylic acids is 2. The molecule has 1 saturated carbocycles. The third kappa shape index (κ3) is 3.77. The number of amides is 2. The van der Waals surface area contributed by atoms with Gasteiger partial charge in [-0.1, -0.05) is 0 Å². The van der Waals surface area contributed by atoms with Gasteiger partial charge in [-0.3, -0.25) is 14.5 Å². The molecule has 3 aliphatic rings. The Morgan fingerprint density at radius 2 is 2.00 bits per heavy atom. The van der Waals surface area contributed by atoms with Crippen molar-refractivity contribution in [2.75, 3.05) is 39.8 Å². The smallest absolute Gasteiger partial charge is 0.257 e. The van der Waals surface area contributed by atoms with E-state index in [0.717, 1.165) is 38.2 Å². The summed E-state index contributed by atoms with van der Waals surface area (Å²) in [6.45, 7) is 7.62. The van der Waals surface area contributed by atoms with Crippen molar-refractivity contribution in [3.05, 3.63) is 23.3 Å². The molecule has 0 N–H and O–H groups in total. The largest absolute Gasteiger partial charge is 0.342 e. The lowest BCUT2D eigenvalue weighted by Crippen LogP contribution is -2.62. The highest BCUT2D eigenvalue weighted by atomic mass is 16.2. The van der Waals surface area contributed by atoms with Crippen molar-refractivity contribution in [1.29, 1.82) is 0 Å². The predicted octanol–water partition coefficient (Wildman–Crippen LogP) is 1.64. The molecular formula is C21H31N5O2. The second-order valence-electron chi connectivity index (χ2n) is 8.82. The van der Waals surface area contributed by atoms with Crippen molar-refractivity contribution in [1.82, 2.24) is 24.7 Å². The van der Waals surface area contributed by atoms with Crippen molar-refractivity contribution >= 4 is 11.8 Å². The highest BCUT2D eigenvalue weighted by molar-refractivity contribution is 5.95. The predicted molar refractivity (Wildman–Crippen MR) is 106 cm³/mol. The molecule has 0 bridgehead atoms. The topological polar surface area (TPSA) is 69.6 Å². The first-order valence-electron chi connectivity index (χ1n) is 10.5. The van der Waals surface area contributed by atoms with E-state index in [-0.39, 0.29) is 17.4 Å². The fourth-order valence-electron chi connectivity index (χ4n) is 4.64. The van der Waals surface area contributed by atoms with Crippen LogP contribution in [-0.4, -0.2) is 81.8 Å². The minimum absolute atomic E-state index is 0.00962. The number of aromatic nitrogens is 2. The summed E-state index contributed by atoms with van der Waals surface area (Å²) in [5.41, 5.74) is 1.20. The van der Waals surface area contributed by atoms with Crippen molar-refractivity contribution in [3.8, 4) is 0 Å². The number of nitrogens with zero attached hydrogens (tertiary/aromatic N) is 5. The lowest BCUT2D eigenvalue weighted by molar-refractivity contribution is -0.130. The monoisotopic (exact) mass is 385 g/mol. The molecule has 2 aliphatic heterocycles. The van der Waals surface area contributed by atoms with Crippen molar-refractivity contribution < 1.29 is 9.59 Å². The Hall–Kier alpha value is -2.02. The van der Waals surface area contributed by atoms with Gasteiger partial charge in [-0.05, 0) is 52.5 Å². The third-order valence-electron chi connectivity index (χ3n) is 6.80. The fourth-order valence-corrected chi connectivity index (χ4v) is 4.64. The van der Waals surface area contributed by atoms with Crippen LogP contribution in [0.1, 0.15) is 54.0 Å². The summed E-state index contributed by atoms with van der Waals surface area (Å²) in [6, 6.07) is 0. The molecular weight excluding hydrogens is 354 g/mol. The average molecular weight is 386 g/mol. The van der Waals surface area contributed by atoms with Crippen LogP contribution in [-0.2, 0) is 4.79 Å². The van der Waals surface area contributed by atoms with Crippen LogP contribution in [0.2, 0.25) is 0 Å².